The molecule has 0 radical (unpaired) electrons. The fraction of sp³-hybridized carbons (Fsp3) is 0.500. The summed E-state index contributed by atoms with van der Waals surface area (Å²) >= 11 is 0. The van der Waals surface area contributed by atoms with Gasteiger partial charge in [0.05, 0.1) is 24.7 Å². The number of carbonyl (C=O) groups is 1. The number of ether oxygens (including phenoxy) is 1. The average molecular weight is 345 g/mol. The van der Waals surface area contributed by atoms with Gasteiger partial charge in [-0.3, -0.25) is 0 Å². The van der Waals surface area contributed by atoms with E-state index in [4.69, 9.17) is 4.42 Å². The van der Waals surface area contributed by atoms with Crippen LogP contribution < -0.4 is 4.72 Å². The topological polar surface area (TPSA) is 85.6 Å². The zero-order valence-corrected chi connectivity index (χ0v) is 15.2. The van der Waals surface area contributed by atoms with E-state index in [2.05, 4.69) is 35.7 Å². The van der Waals surface area contributed by atoms with Crippen LogP contribution in [-0.4, -0.2) is 35.3 Å². The number of rotatable bonds is 8. The van der Waals surface area contributed by atoms with E-state index in [1.54, 1.807) is 12.1 Å². The van der Waals surface area contributed by atoms with Crippen LogP contribution in [0.4, 0.5) is 0 Å². The third kappa shape index (κ3) is 5.78. The van der Waals surface area contributed by atoms with Crippen LogP contribution >= 0.6 is 0 Å². The first kappa shape index (κ1) is 18.7. The van der Waals surface area contributed by atoms with Gasteiger partial charge in [-0.25, -0.2) is 13.2 Å². The lowest BCUT2D eigenvalue weighted by Crippen LogP contribution is -2.35. The van der Waals surface area contributed by atoms with Crippen LogP contribution in [0.2, 0.25) is 25.7 Å². The molecular weight excluding hydrogens is 322 g/mol. The molecule has 6 nitrogen and oxygen atoms in total. The third-order valence-electron chi connectivity index (χ3n) is 3.04. The Kier molecular flexibility index (Phi) is 6.15. The Labute approximate surface area is 132 Å². The van der Waals surface area contributed by atoms with E-state index in [-0.39, 0.29) is 11.3 Å². The first-order chi connectivity index (χ1) is 10.1. The summed E-state index contributed by atoms with van der Waals surface area (Å²) < 4.78 is 36.9. The highest BCUT2D eigenvalue weighted by atomic mass is 32.2. The highest BCUT2D eigenvalue weighted by Crippen LogP contribution is 2.23. The van der Waals surface area contributed by atoms with Crippen LogP contribution in [0.1, 0.15) is 11.8 Å². The molecule has 1 rings (SSSR count). The Balaban J connectivity index is 2.94. The van der Waals surface area contributed by atoms with Gasteiger partial charge in [0, 0.05) is 8.07 Å². The molecule has 0 spiro atoms. The fourth-order valence-corrected chi connectivity index (χ4v) is 5.94. The molecule has 1 aromatic heterocycles. The molecule has 1 atom stereocenters. The molecule has 0 saturated carbocycles. The number of hydrogen-bond acceptors (Lipinski definition) is 5. The van der Waals surface area contributed by atoms with Crippen molar-refractivity contribution in [3.05, 3.63) is 36.3 Å². The van der Waals surface area contributed by atoms with E-state index < -0.39 is 30.1 Å². The van der Waals surface area contributed by atoms with Crippen molar-refractivity contribution in [3.8, 4) is 0 Å². The second-order valence-corrected chi connectivity index (χ2v) is 13.7. The standard InChI is InChI=1S/C14H23NO5SSi/c1-11(14(16)19-2)13(12-7-6-8-20-12)15-21(17,18)9-10-22(3,4)5/h6-8,13,15H,1,9-10H2,2-5H3. The Hall–Kier alpha value is -1.38. The minimum Gasteiger partial charge on any atom is -0.467 e. The van der Waals surface area contributed by atoms with Gasteiger partial charge in [0.2, 0.25) is 10.0 Å². The van der Waals surface area contributed by atoms with Crippen molar-refractivity contribution in [2.75, 3.05) is 12.9 Å². The van der Waals surface area contributed by atoms with E-state index in [1.165, 1.54) is 13.4 Å². The summed E-state index contributed by atoms with van der Waals surface area (Å²) in [4.78, 5) is 11.7. The smallest absolute Gasteiger partial charge is 0.335 e. The number of carbonyl (C=O) groups excluding carboxylic acids is 1. The average Bonchev–Trinajstić information content (AvgIpc) is 2.94. The van der Waals surface area contributed by atoms with Gasteiger partial charge in [-0.05, 0) is 18.2 Å². The maximum atomic E-state index is 12.3. The van der Waals surface area contributed by atoms with Crippen LogP contribution in [0, 0.1) is 0 Å². The Morgan fingerprint density at radius 1 is 1.45 bits per heavy atom. The van der Waals surface area contributed by atoms with E-state index >= 15 is 0 Å². The SMILES string of the molecule is C=C(C(=O)OC)C(NS(=O)(=O)CC[Si](C)(C)C)c1ccco1. The summed E-state index contributed by atoms with van der Waals surface area (Å²) in [7, 11) is -3.85. The molecule has 0 aromatic carbocycles. The lowest BCUT2D eigenvalue weighted by Gasteiger charge is -2.20. The van der Waals surface area contributed by atoms with E-state index in [9.17, 15) is 13.2 Å². The third-order valence-corrected chi connectivity index (χ3v) is 6.49. The molecular formula is C14H23NO5SSi. The van der Waals surface area contributed by atoms with Crippen molar-refractivity contribution in [1.29, 1.82) is 0 Å². The number of hydrogen-bond donors (Lipinski definition) is 1. The van der Waals surface area contributed by atoms with Crippen LogP contribution in [-0.2, 0) is 19.6 Å². The number of nitrogens with one attached hydrogen (secondary N) is 1. The van der Waals surface area contributed by atoms with Gasteiger partial charge >= 0.3 is 5.97 Å². The molecule has 22 heavy (non-hydrogen) atoms. The quantitative estimate of drug-likeness (QED) is 0.444. The monoisotopic (exact) mass is 345 g/mol. The van der Waals surface area contributed by atoms with Crippen LogP contribution in [0.25, 0.3) is 0 Å². The molecule has 8 heteroatoms. The second-order valence-electron chi connectivity index (χ2n) is 6.21. The normalized spacial score (nSPS) is 13.6. The van der Waals surface area contributed by atoms with Crippen LogP contribution in [0.3, 0.4) is 0 Å². The van der Waals surface area contributed by atoms with E-state index in [0.717, 1.165) is 0 Å². The number of sulfonamides is 1. The van der Waals surface area contributed by atoms with Crippen molar-refractivity contribution in [2.45, 2.75) is 31.7 Å². The van der Waals surface area contributed by atoms with Crippen molar-refractivity contribution >= 4 is 24.1 Å². The maximum absolute atomic E-state index is 12.3. The minimum atomic E-state index is -3.57. The van der Waals surface area contributed by atoms with Crippen LogP contribution in [0.15, 0.2) is 35.0 Å². The zero-order chi connectivity index (χ0) is 17.0. The fourth-order valence-electron chi connectivity index (χ4n) is 1.68. The highest BCUT2D eigenvalue weighted by molar-refractivity contribution is 7.89. The first-order valence-electron chi connectivity index (χ1n) is 6.86. The van der Waals surface area contributed by atoms with Crippen LogP contribution in [0.5, 0.6) is 0 Å². The minimum absolute atomic E-state index is 0.00832. The second kappa shape index (κ2) is 7.25. The van der Waals surface area contributed by atoms with Crippen molar-refractivity contribution < 1.29 is 22.4 Å². The van der Waals surface area contributed by atoms with Gasteiger partial charge in [-0.15, -0.1) is 0 Å². The summed E-state index contributed by atoms with van der Waals surface area (Å²) in [6, 6.07) is 2.86. The Bertz CT molecular complexity index is 616. The van der Waals surface area contributed by atoms with E-state index in [0.29, 0.717) is 11.8 Å². The Morgan fingerprint density at radius 3 is 2.55 bits per heavy atom. The number of esters is 1. The maximum Gasteiger partial charge on any atom is 0.335 e. The first-order valence-corrected chi connectivity index (χ1v) is 12.2. The summed E-state index contributed by atoms with van der Waals surface area (Å²) in [5, 5.41) is 0. The molecule has 0 aliphatic rings. The predicted molar refractivity (Wildman–Crippen MR) is 87.7 cm³/mol. The molecule has 1 unspecified atom stereocenters. The van der Waals surface area contributed by atoms with Gasteiger partial charge in [0.1, 0.15) is 11.8 Å². The molecule has 1 N–H and O–H groups in total. The molecule has 1 aromatic rings. The molecule has 0 aliphatic carbocycles. The van der Waals surface area contributed by atoms with Crippen molar-refractivity contribution in [3.63, 3.8) is 0 Å². The molecule has 0 amide bonds. The molecule has 0 bridgehead atoms. The molecule has 0 fully saturated rings. The van der Waals surface area contributed by atoms with Gasteiger partial charge in [-0.1, -0.05) is 26.2 Å². The zero-order valence-electron chi connectivity index (χ0n) is 13.4. The van der Waals surface area contributed by atoms with E-state index in [1.807, 2.05) is 0 Å². The van der Waals surface area contributed by atoms with Crippen molar-refractivity contribution in [1.82, 2.24) is 4.72 Å². The number of methoxy groups -OCH3 is 1. The Morgan fingerprint density at radius 2 is 2.09 bits per heavy atom. The predicted octanol–water partition coefficient (Wildman–Crippen LogP) is 2.31. The summed E-state index contributed by atoms with van der Waals surface area (Å²) in [6.07, 6.45) is 1.41. The van der Waals surface area contributed by atoms with Gasteiger partial charge in [0.15, 0.2) is 0 Å². The van der Waals surface area contributed by atoms with Gasteiger partial charge < -0.3 is 9.15 Å². The van der Waals surface area contributed by atoms with Crippen molar-refractivity contribution in [2.24, 2.45) is 0 Å². The molecule has 124 valence electrons. The molecule has 0 aliphatic heterocycles. The van der Waals surface area contributed by atoms with Gasteiger partial charge in [-0.2, -0.15) is 4.72 Å². The largest absolute Gasteiger partial charge is 0.467 e. The molecule has 1 heterocycles. The highest BCUT2D eigenvalue weighted by Gasteiger charge is 2.29. The summed E-state index contributed by atoms with van der Waals surface area (Å²) in [6.45, 7) is 9.91. The van der Waals surface area contributed by atoms with Gasteiger partial charge in [0.25, 0.3) is 0 Å². The summed E-state index contributed by atoms with van der Waals surface area (Å²) in [5.74, 6) is -0.379. The lowest BCUT2D eigenvalue weighted by molar-refractivity contribution is -0.136. The summed E-state index contributed by atoms with van der Waals surface area (Å²) in [5.41, 5.74) is -0.0194. The number of furan rings is 1. The molecule has 0 saturated heterocycles. The lowest BCUT2D eigenvalue weighted by atomic mass is 10.1.